The van der Waals surface area contributed by atoms with E-state index in [0.717, 1.165) is 6.07 Å². The zero-order valence-electron chi connectivity index (χ0n) is 11.5. The van der Waals surface area contributed by atoms with Crippen LogP contribution >= 0.6 is 0 Å². The average molecular weight is 315 g/mol. The summed E-state index contributed by atoms with van der Waals surface area (Å²) in [6.45, 7) is 2.75. The van der Waals surface area contributed by atoms with Crippen molar-refractivity contribution in [1.82, 2.24) is 0 Å². The van der Waals surface area contributed by atoms with Crippen LogP contribution in [0.4, 0.5) is 11.4 Å². The van der Waals surface area contributed by atoms with Gasteiger partial charge in [0.05, 0.1) is 15.9 Å². The third-order valence-corrected chi connectivity index (χ3v) is 4.64. The minimum atomic E-state index is -4.00. The van der Waals surface area contributed by atoms with Crippen molar-refractivity contribution in [1.29, 1.82) is 0 Å². The highest BCUT2D eigenvalue weighted by atomic mass is 32.2. The number of nitro groups is 1. The van der Waals surface area contributed by atoms with Gasteiger partial charge in [-0.05, 0) is 24.5 Å². The summed E-state index contributed by atoms with van der Waals surface area (Å²) in [5.41, 5.74) is -0.0402. The van der Waals surface area contributed by atoms with Crippen LogP contribution in [0.25, 0.3) is 0 Å². The Morgan fingerprint density at radius 3 is 2.67 bits per heavy atom. The molecule has 0 spiro atoms. The van der Waals surface area contributed by atoms with E-state index >= 15 is 0 Å². The molecule has 8 nitrogen and oxygen atoms in total. The second kappa shape index (κ2) is 5.58. The molecule has 1 saturated heterocycles. The molecule has 0 amide bonds. The fourth-order valence-corrected chi connectivity index (χ4v) is 2.90. The Hall–Kier alpha value is -1.71. The van der Waals surface area contributed by atoms with Crippen LogP contribution in [0.1, 0.15) is 13.3 Å². The molecule has 2 unspecified atom stereocenters. The smallest absolute Gasteiger partial charge is 0.293 e. The number of nitrogens with zero attached hydrogens (tertiary/aromatic N) is 2. The maximum absolute atomic E-state index is 11.3. The highest BCUT2D eigenvalue weighted by Gasteiger charge is 2.29. The predicted molar refractivity (Wildman–Crippen MR) is 76.5 cm³/mol. The number of benzene rings is 1. The number of hydrogen-bond donors (Lipinski definition) is 2. The fraction of sp³-hybridized carbons (Fsp3) is 0.500. The maximum Gasteiger partial charge on any atom is 0.293 e. The molecule has 21 heavy (non-hydrogen) atoms. The fourth-order valence-electron chi connectivity index (χ4n) is 2.36. The quantitative estimate of drug-likeness (QED) is 0.616. The number of nitro benzene ring substituents is 1. The van der Waals surface area contributed by atoms with Gasteiger partial charge >= 0.3 is 0 Å². The van der Waals surface area contributed by atoms with E-state index in [0.29, 0.717) is 18.7 Å². The summed E-state index contributed by atoms with van der Waals surface area (Å²) < 4.78 is 22.6. The normalized spacial score (nSPS) is 23.1. The molecule has 0 aromatic heterocycles. The maximum atomic E-state index is 11.3. The van der Waals surface area contributed by atoms with Gasteiger partial charge < -0.3 is 10.0 Å². The molecule has 1 fully saturated rings. The Kier molecular flexibility index (Phi) is 4.17. The standard InChI is InChI=1S/C12H17N3O5S/c1-8-4-5-14(7-12(8)16)10-3-2-9(21(13,19)20)6-11(10)15(17)18/h2-3,6,8,12,16H,4-5,7H2,1H3,(H2,13,19,20). The summed E-state index contributed by atoms with van der Waals surface area (Å²) in [5.74, 6) is 0.129. The molecule has 1 aromatic carbocycles. The molecule has 0 saturated carbocycles. The van der Waals surface area contributed by atoms with E-state index in [4.69, 9.17) is 5.14 Å². The van der Waals surface area contributed by atoms with Gasteiger partial charge in [0.25, 0.3) is 5.69 Å². The van der Waals surface area contributed by atoms with Gasteiger partial charge in [-0.3, -0.25) is 10.1 Å². The second-order valence-corrected chi connectivity index (χ2v) is 6.79. The molecule has 3 N–H and O–H groups in total. The van der Waals surface area contributed by atoms with Crippen molar-refractivity contribution in [3.05, 3.63) is 28.3 Å². The van der Waals surface area contributed by atoms with Crippen LogP contribution in [-0.2, 0) is 10.0 Å². The molecule has 1 aliphatic rings. The van der Waals surface area contributed by atoms with Crippen molar-refractivity contribution in [2.75, 3.05) is 18.0 Å². The highest BCUT2D eigenvalue weighted by Crippen LogP contribution is 2.33. The molecule has 2 atom stereocenters. The molecular weight excluding hydrogens is 298 g/mol. The number of aliphatic hydroxyl groups is 1. The molecular formula is C12H17N3O5S. The van der Waals surface area contributed by atoms with Crippen molar-refractivity contribution < 1.29 is 18.4 Å². The lowest BCUT2D eigenvalue weighted by Gasteiger charge is -2.35. The lowest BCUT2D eigenvalue weighted by molar-refractivity contribution is -0.384. The number of β-amino-alcohol motifs (C(OH)–C–C–N with tert-alkyl or cyclic N) is 1. The van der Waals surface area contributed by atoms with E-state index in [1.807, 2.05) is 6.92 Å². The van der Waals surface area contributed by atoms with Crippen LogP contribution in [0.5, 0.6) is 0 Å². The third kappa shape index (κ3) is 3.31. The SMILES string of the molecule is CC1CCN(c2ccc(S(N)(=O)=O)cc2[N+](=O)[O-])CC1O. The van der Waals surface area contributed by atoms with E-state index < -0.39 is 21.1 Å². The van der Waals surface area contributed by atoms with E-state index in [9.17, 15) is 23.6 Å². The van der Waals surface area contributed by atoms with Crippen LogP contribution in [-0.4, -0.2) is 37.6 Å². The first-order valence-electron chi connectivity index (χ1n) is 6.44. The van der Waals surface area contributed by atoms with Crippen LogP contribution in [0.2, 0.25) is 0 Å². The molecule has 1 heterocycles. The zero-order chi connectivity index (χ0) is 15.8. The third-order valence-electron chi connectivity index (χ3n) is 3.73. The topological polar surface area (TPSA) is 127 Å². The van der Waals surface area contributed by atoms with Gasteiger partial charge in [-0.2, -0.15) is 0 Å². The molecule has 1 aromatic rings. The summed E-state index contributed by atoms with van der Waals surface area (Å²) in [6.07, 6.45) is 0.131. The molecule has 0 radical (unpaired) electrons. The Bertz CT molecular complexity index is 661. The van der Waals surface area contributed by atoms with Crippen molar-refractivity contribution >= 4 is 21.4 Å². The Morgan fingerprint density at radius 2 is 2.14 bits per heavy atom. The van der Waals surface area contributed by atoms with Crippen molar-refractivity contribution in [3.8, 4) is 0 Å². The van der Waals surface area contributed by atoms with Gasteiger partial charge in [0, 0.05) is 19.2 Å². The monoisotopic (exact) mass is 315 g/mol. The molecule has 0 aliphatic carbocycles. The summed E-state index contributed by atoms with van der Waals surface area (Å²) in [7, 11) is -4.00. The van der Waals surface area contributed by atoms with Gasteiger partial charge in [0.15, 0.2) is 0 Å². The van der Waals surface area contributed by atoms with Crippen LogP contribution in [0, 0.1) is 16.0 Å². The van der Waals surface area contributed by atoms with Gasteiger partial charge in [-0.1, -0.05) is 6.92 Å². The summed E-state index contributed by atoms with van der Waals surface area (Å²) in [5, 5.41) is 26.1. The number of sulfonamides is 1. The van der Waals surface area contributed by atoms with E-state index in [2.05, 4.69) is 0 Å². The number of aliphatic hydroxyl groups excluding tert-OH is 1. The lowest BCUT2D eigenvalue weighted by atomic mass is 9.95. The molecule has 116 valence electrons. The average Bonchev–Trinajstić information content (AvgIpc) is 2.40. The van der Waals surface area contributed by atoms with E-state index in [1.165, 1.54) is 12.1 Å². The second-order valence-electron chi connectivity index (χ2n) is 5.23. The summed E-state index contributed by atoms with van der Waals surface area (Å²) >= 11 is 0. The number of primary sulfonamides is 1. The number of hydrogen-bond acceptors (Lipinski definition) is 6. The van der Waals surface area contributed by atoms with Crippen molar-refractivity contribution in [3.63, 3.8) is 0 Å². The Labute approximate surface area is 122 Å². The predicted octanol–water partition coefficient (Wildman–Crippen LogP) is 0.449. The van der Waals surface area contributed by atoms with Crippen molar-refractivity contribution in [2.24, 2.45) is 11.1 Å². The van der Waals surface area contributed by atoms with Gasteiger partial charge in [0.1, 0.15) is 5.69 Å². The highest BCUT2D eigenvalue weighted by molar-refractivity contribution is 7.89. The number of rotatable bonds is 3. The molecule has 0 bridgehead atoms. The zero-order valence-corrected chi connectivity index (χ0v) is 12.3. The molecule has 2 rings (SSSR count). The Morgan fingerprint density at radius 1 is 1.48 bits per heavy atom. The van der Waals surface area contributed by atoms with Crippen molar-refractivity contribution in [2.45, 2.75) is 24.3 Å². The minimum absolute atomic E-state index is 0.129. The van der Waals surface area contributed by atoms with Crippen LogP contribution in [0.3, 0.4) is 0 Å². The minimum Gasteiger partial charge on any atom is -0.391 e. The van der Waals surface area contributed by atoms with Gasteiger partial charge in [-0.15, -0.1) is 0 Å². The lowest BCUT2D eigenvalue weighted by Crippen LogP contribution is -2.43. The Balaban J connectivity index is 2.42. The summed E-state index contributed by atoms with van der Waals surface area (Å²) in [6, 6.07) is 3.55. The number of anilines is 1. The first-order valence-corrected chi connectivity index (χ1v) is 7.99. The summed E-state index contributed by atoms with van der Waals surface area (Å²) in [4.78, 5) is 11.9. The molecule has 9 heteroatoms. The van der Waals surface area contributed by atoms with Crippen LogP contribution in [0.15, 0.2) is 23.1 Å². The largest absolute Gasteiger partial charge is 0.391 e. The number of nitrogens with two attached hydrogens (primary N) is 1. The van der Waals surface area contributed by atoms with Gasteiger partial charge in [0.2, 0.25) is 10.0 Å². The van der Waals surface area contributed by atoms with Gasteiger partial charge in [-0.25, -0.2) is 13.6 Å². The molecule has 1 aliphatic heterocycles. The first kappa shape index (κ1) is 15.7. The van der Waals surface area contributed by atoms with E-state index in [-0.39, 0.29) is 23.0 Å². The van der Waals surface area contributed by atoms with Crippen LogP contribution < -0.4 is 10.0 Å². The van der Waals surface area contributed by atoms with E-state index in [1.54, 1.807) is 4.90 Å². The first-order chi connectivity index (χ1) is 9.70. The number of piperidine rings is 1.